The second kappa shape index (κ2) is 5.26. The number of alkyl halides is 4. The quantitative estimate of drug-likeness (QED) is 0.479. The third kappa shape index (κ3) is 5.59. The lowest BCUT2D eigenvalue weighted by Crippen LogP contribution is -2.39. The molecule has 0 aromatic rings. The second-order valence-electron chi connectivity index (χ2n) is 3.28. The van der Waals surface area contributed by atoms with Crippen LogP contribution in [-0.4, -0.2) is 51.9 Å². The van der Waals surface area contributed by atoms with Crippen LogP contribution in [0.15, 0.2) is 0 Å². The van der Waals surface area contributed by atoms with E-state index in [0.717, 1.165) is 7.11 Å². The number of methoxy groups -OCH3 is 1. The van der Waals surface area contributed by atoms with Crippen LogP contribution in [0.2, 0.25) is 0 Å². The van der Waals surface area contributed by atoms with E-state index in [2.05, 4.69) is 18.9 Å². The van der Waals surface area contributed by atoms with E-state index in [9.17, 15) is 17.6 Å². The zero-order chi connectivity index (χ0) is 12.2. The number of hydrogen-bond acceptors (Lipinski definition) is 4. The number of rotatable bonds is 8. The summed E-state index contributed by atoms with van der Waals surface area (Å²) in [4.78, 5) is 0. The van der Waals surface area contributed by atoms with Gasteiger partial charge in [-0.2, -0.15) is 17.6 Å². The van der Waals surface area contributed by atoms with Crippen molar-refractivity contribution in [2.45, 2.75) is 18.3 Å². The van der Waals surface area contributed by atoms with Crippen molar-refractivity contribution in [3.05, 3.63) is 0 Å². The second-order valence-corrected chi connectivity index (χ2v) is 3.28. The predicted molar refractivity (Wildman–Crippen MR) is 43.4 cm³/mol. The van der Waals surface area contributed by atoms with Gasteiger partial charge in [-0.05, 0) is 0 Å². The van der Waals surface area contributed by atoms with Gasteiger partial charge in [-0.3, -0.25) is 4.74 Å². The molecule has 0 radical (unpaired) electrons. The van der Waals surface area contributed by atoms with Crippen LogP contribution >= 0.6 is 0 Å². The summed E-state index contributed by atoms with van der Waals surface area (Å²) >= 11 is 0. The highest BCUT2D eigenvalue weighted by Gasteiger charge is 2.44. The molecule has 4 nitrogen and oxygen atoms in total. The van der Waals surface area contributed by atoms with Crippen molar-refractivity contribution >= 4 is 0 Å². The normalized spacial score (nSPS) is 21.2. The minimum atomic E-state index is -4.06. The molecule has 16 heavy (non-hydrogen) atoms. The first-order valence-electron chi connectivity index (χ1n) is 4.49. The van der Waals surface area contributed by atoms with Crippen LogP contribution in [0, 0.1) is 0 Å². The first kappa shape index (κ1) is 13.6. The molecule has 0 spiro atoms. The fourth-order valence-electron chi connectivity index (χ4n) is 0.919. The lowest BCUT2D eigenvalue weighted by molar-refractivity contribution is -0.392. The summed E-state index contributed by atoms with van der Waals surface area (Å²) in [6.07, 6.45) is -8.32. The molecule has 0 aromatic heterocycles. The molecular weight excluding hydrogens is 236 g/mol. The highest BCUT2D eigenvalue weighted by Crippen LogP contribution is 2.27. The van der Waals surface area contributed by atoms with Crippen LogP contribution in [0.5, 0.6) is 0 Å². The Morgan fingerprint density at radius 3 is 2.25 bits per heavy atom. The predicted octanol–water partition coefficient (Wildman–Crippen LogP) is 1.25. The van der Waals surface area contributed by atoms with Gasteiger partial charge in [0.25, 0.3) is 0 Å². The van der Waals surface area contributed by atoms with E-state index < -0.39 is 25.4 Å². The summed E-state index contributed by atoms with van der Waals surface area (Å²) in [7, 11) is 0.955. The Balaban J connectivity index is 2.24. The van der Waals surface area contributed by atoms with Gasteiger partial charge in [-0.1, -0.05) is 0 Å². The van der Waals surface area contributed by atoms with Crippen molar-refractivity contribution in [2.24, 2.45) is 0 Å². The van der Waals surface area contributed by atoms with Gasteiger partial charge < -0.3 is 14.2 Å². The van der Waals surface area contributed by atoms with Crippen molar-refractivity contribution in [1.82, 2.24) is 0 Å². The Kier molecular flexibility index (Phi) is 4.48. The maximum Gasteiger partial charge on any atom is 0.383 e. The molecule has 0 saturated carbocycles. The lowest BCUT2D eigenvalue weighted by atomic mass is 10.5. The summed E-state index contributed by atoms with van der Waals surface area (Å²) in [5.74, 6) is 0. The SMILES string of the molecule is COCC(F)(F)OC(F)(F)COCC1CO1. The highest BCUT2D eigenvalue weighted by molar-refractivity contribution is 4.68. The van der Waals surface area contributed by atoms with Crippen molar-refractivity contribution in [2.75, 3.05) is 33.5 Å². The molecule has 1 saturated heterocycles. The van der Waals surface area contributed by atoms with Crippen molar-refractivity contribution in [3.63, 3.8) is 0 Å². The van der Waals surface area contributed by atoms with Crippen molar-refractivity contribution < 1.29 is 36.5 Å². The lowest BCUT2D eigenvalue weighted by Gasteiger charge is -2.22. The minimum absolute atomic E-state index is 0.0607. The third-order valence-corrected chi connectivity index (χ3v) is 1.59. The molecule has 1 rings (SSSR count). The summed E-state index contributed by atoms with van der Waals surface area (Å²) in [5.41, 5.74) is 0. The van der Waals surface area contributed by atoms with Crippen LogP contribution in [-0.2, 0) is 18.9 Å². The van der Waals surface area contributed by atoms with Crippen LogP contribution in [0.3, 0.4) is 0 Å². The molecule has 1 aliphatic heterocycles. The van der Waals surface area contributed by atoms with Gasteiger partial charge in [0.15, 0.2) is 0 Å². The fraction of sp³-hybridized carbons (Fsp3) is 1.00. The van der Waals surface area contributed by atoms with Crippen LogP contribution < -0.4 is 0 Å². The number of halogens is 4. The third-order valence-electron chi connectivity index (χ3n) is 1.59. The van der Waals surface area contributed by atoms with Crippen LogP contribution in [0.1, 0.15) is 0 Å². The van der Waals surface area contributed by atoms with Crippen LogP contribution in [0.25, 0.3) is 0 Å². The molecule has 1 heterocycles. The molecule has 1 atom stereocenters. The monoisotopic (exact) mass is 248 g/mol. The molecule has 8 heteroatoms. The maximum absolute atomic E-state index is 12.8. The minimum Gasteiger partial charge on any atom is -0.376 e. The molecule has 1 fully saturated rings. The molecule has 96 valence electrons. The molecule has 1 unspecified atom stereocenters. The molecule has 1 aliphatic rings. The van der Waals surface area contributed by atoms with Gasteiger partial charge in [-0.15, -0.1) is 0 Å². The summed E-state index contributed by atoms with van der Waals surface area (Å²) in [5, 5.41) is 0. The van der Waals surface area contributed by atoms with Crippen LogP contribution in [0.4, 0.5) is 17.6 Å². The standard InChI is InChI=1S/C8H12F4O4/c1-13-4-7(9,10)16-8(11,12)5-14-2-6-3-15-6/h6H,2-5H2,1H3. The van der Waals surface area contributed by atoms with E-state index in [1.54, 1.807) is 0 Å². The van der Waals surface area contributed by atoms with E-state index in [4.69, 9.17) is 0 Å². The van der Waals surface area contributed by atoms with E-state index in [1.807, 2.05) is 0 Å². The molecule has 0 aliphatic carbocycles. The smallest absolute Gasteiger partial charge is 0.376 e. The van der Waals surface area contributed by atoms with E-state index in [-0.39, 0.29) is 12.7 Å². The van der Waals surface area contributed by atoms with Gasteiger partial charge in [0.2, 0.25) is 0 Å². The number of epoxide rings is 1. The van der Waals surface area contributed by atoms with Gasteiger partial charge in [0, 0.05) is 7.11 Å². The zero-order valence-electron chi connectivity index (χ0n) is 8.55. The molecular formula is C8H12F4O4. The van der Waals surface area contributed by atoms with E-state index >= 15 is 0 Å². The summed E-state index contributed by atoms with van der Waals surface area (Å²) in [6, 6.07) is 0. The number of hydrogen-bond donors (Lipinski definition) is 0. The summed E-state index contributed by atoms with van der Waals surface area (Å²) in [6.45, 7) is -2.11. The molecule has 0 bridgehead atoms. The molecule has 0 amide bonds. The largest absolute Gasteiger partial charge is 0.383 e. The van der Waals surface area contributed by atoms with Crippen molar-refractivity contribution in [1.29, 1.82) is 0 Å². The van der Waals surface area contributed by atoms with E-state index in [0.29, 0.717) is 6.61 Å². The average molecular weight is 248 g/mol. The molecule has 0 N–H and O–H groups in total. The highest BCUT2D eigenvalue weighted by atomic mass is 19.3. The zero-order valence-corrected chi connectivity index (χ0v) is 8.55. The Hall–Kier alpha value is -0.440. The fourth-order valence-corrected chi connectivity index (χ4v) is 0.919. The maximum atomic E-state index is 12.8. The van der Waals surface area contributed by atoms with Gasteiger partial charge in [0.05, 0.1) is 13.2 Å². The topological polar surface area (TPSA) is 40.2 Å². The Bertz CT molecular complexity index is 220. The van der Waals surface area contributed by atoms with Gasteiger partial charge in [0.1, 0.15) is 19.3 Å². The Morgan fingerprint density at radius 2 is 1.75 bits per heavy atom. The van der Waals surface area contributed by atoms with Crippen molar-refractivity contribution in [3.8, 4) is 0 Å². The molecule has 0 aromatic carbocycles. The Morgan fingerprint density at radius 1 is 1.19 bits per heavy atom. The average Bonchev–Trinajstić information content (AvgIpc) is 2.84. The first-order chi connectivity index (χ1) is 7.35. The van der Waals surface area contributed by atoms with Gasteiger partial charge >= 0.3 is 12.2 Å². The summed E-state index contributed by atoms with van der Waals surface area (Å²) < 4.78 is 67.3. The Labute approximate surface area is 89.4 Å². The first-order valence-corrected chi connectivity index (χ1v) is 4.49. The van der Waals surface area contributed by atoms with E-state index in [1.165, 1.54) is 0 Å². The van der Waals surface area contributed by atoms with Gasteiger partial charge in [-0.25, -0.2) is 0 Å². The number of ether oxygens (including phenoxy) is 4.